The lowest BCUT2D eigenvalue weighted by molar-refractivity contribution is 0.874. The molecule has 3 N–H and O–H groups in total. The molecular weight excluding hydrogens is 237 g/mol. The van der Waals surface area contributed by atoms with Crippen molar-refractivity contribution in [2.24, 2.45) is 0 Å². The largest absolute Gasteiger partial charge is 0.344 e. The Bertz CT molecular complexity index is 240. The van der Waals surface area contributed by atoms with Crippen molar-refractivity contribution in [3.05, 3.63) is 34.3 Å². The van der Waals surface area contributed by atoms with Crippen molar-refractivity contribution in [1.82, 2.24) is 6.15 Å². The van der Waals surface area contributed by atoms with Crippen molar-refractivity contribution < 1.29 is 0 Å². The van der Waals surface area contributed by atoms with Gasteiger partial charge in [-0.25, -0.2) is 0 Å². The summed E-state index contributed by atoms with van der Waals surface area (Å²) in [6.07, 6.45) is 0. The third kappa shape index (κ3) is 3.13. The summed E-state index contributed by atoms with van der Waals surface area (Å²) in [4.78, 5) is 0. The van der Waals surface area contributed by atoms with E-state index in [0.29, 0.717) is 11.8 Å². The number of alkyl halides is 1. The highest BCUT2D eigenvalue weighted by atomic mass is 79.9. The number of hydrogen-bond donors (Lipinski definition) is 1. The second-order valence-electron chi connectivity index (χ2n) is 2.61. The second-order valence-corrected chi connectivity index (χ2v) is 3.83. The van der Waals surface area contributed by atoms with E-state index < -0.39 is 0 Å². The van der Waals surface area contributed by atoms with Crippen LogP contribution in [0.5, 0.6) is 0 Å². The molecule has 1 unspecified atom stereocenters. The van der Waals surface area contributed by atoms with Crippen LogP contribution in [0.15, 0.2) is 28.7 Å². The van der Waals surface area contributed by atoms with Gasteiger partial charge in [0.2, 0.25) is 0 Å². The molecule has 1 aromatic rings. The number of hydrogen-bond acceptors (Lipinski definition) is 1. The average Bonchev–Trinajstić information content (AvgIpc) is 2.03. The van der Waals surface area contributed by atoms with Gasteiger partial charge in [0.05, 0.1) is 0 Å². The van der Waals surface area contributed by atoms with Gasteiger partial charge in [-0.15, -0.1) is 11.6 Å². The maximum Gasteiger partial charge on any atom is 0.0289 e. The minimum Gasteiger partial charge on any atom is -0.344 e. The fraction of sp³-hybridized carbons (Fsp3) is 0.333. The molecule has 1 aromatic carbocycles. The van der Waals surface area contributed by atoms with Gasteiger partial charge in [-0.3, -0.25) is 0 Å². The number of rotatable bonds is 2. The Morgan fingerprint density at radius 2 is 2.17 bits per heavy atom. The van der Waals surface area contributed by atoms with E-state index in [4.69, 9.17) is 11.6 Å². The molecule has 12 heavy (non-hydrogen) atoms. The summed E-state index contributed by atoms with van der Waals surface area (Å²) in [7, 11) is 0. The van der Waals surface area contributed by atoms with Crippen molar-refractivity contribution in [3.8, 4) is 0 Å². The second kappa shape index (κ2) is 5.57. The minimum atomic E-state index is 0. The van der Waals surface area contributed by atoms with Crippen LogP contribution in [-0.4, -0.2) is 5.88 Å². The molecule has 0 spiro atoms. The lowest BCUT2D eigenvalue weighted by atomic mass is 10.0. The predicted octanol–water partition coefficient (Wildman–Crippen LogP) is 3.95. The molecule has 0 fully saturated rings. The molecule has 1 atom stereocenters. The van der Waals surface area contributed by atoms with Crippen molar-refractivity contribution in [3.63, 3.8) is 0 Å². The van der Waals surface area contributed by atoms with Crippen LogP contribution in [0.2, 0.25) is 0 Å². The number of benzene rings is 1. The molecule has 0 heterocycles. The number of halogens is 2. The molecule has 0 bridgehead atoms. The van der Waals surface area contributed by atoms with Gasteiger partial charge in [0.25, 0.3) is 0 Å². The molecule has 0 saturated heterocycles. The third-order valence-corrected chi connectivity index (χ3v) is 2.61. The SMILES string of the molecule is CC(CCl)c1cccc(Br)c1.N. The monoisotopic (exact) mass is 249 g/mol. The Morgan fingerprint density at radius 3 is 2.67 bits per heavy atom. The minimum absolute atomic E-state index is 0. The molecule has 0 aliphatic carbocycles. The summed E-state index contributed by atoms with van der Waals surface area (Å²) in [5.74, 6) is 1.12. The zero-order valence-electron chi connectivity index (χ0n) is 7.06. The summed E-state index contributed by atoms with van der Waals surface area (Å²) in [6, 6.07) is 8.25. The molecule has 68 valence electrons. The van der Waals surface area contributed by atoms with Gasteiger partial charge in [0, 0.05) is 10.4 Å². The molecule has 1 nitrogen and oxygen atoms in total. The van der Waals surface area contributed by atoms with Gasteiger partial charge >= 0.3 is 0 Å². The molecule has 3 heteroatoms. The van der Waals surface area contributed by atoms with Crippen molar-refractivity contribution >= 4 is 27.5 Å². The van der Waals surface area contributed by atoms with E-state index in [1.165, 1.54) is 5.56 Å². The lowest BCUT2D eigenvalue weighted by Crippen LogP contribution is -1.93. The van der Waals surface area contributed by atoms with Gasteiger partial charge in [-0.05, 0) is 23.6 Å². The smallest absolute Gasteiger partial charge is 0.0289 e. The van der Waals surface area contributed by atoms with E-state index >= 15 is 0 Å². The first-order valence-electron chi connectivity index (χ1n) is 3.55. The van der Waals surface area contributed by atoms with Crippen molar-refractivity contribution in [2.45, 2.75) is 12.8 Å². The van der Waals surface area contributed by atoms with Crippen LogP contribution >= 0.6 is 27.5 Å². The molecule has 0 aromatic heterocycles. The summed E-state index contributed by atoms with van der Waals surface area (Å²) in [5, 5.41) is 0. The van der Waals surface area contributed by atoms with Crippen LogP contribution < -0.4 is 6.15 Å². The molecule has 1 rings (SSSR count). The maximum atomic E-state index is 5.72. The first kappa shape index (κ1) is 11.9. The first-order chi connectivity index (χ1) is 5.24. The fourth-order valence-corrected chi connectivity index (χ4v) is 1.50. The molecule has 0 saturated carbocycles. The summed E-state index contributed by atoms with van der Waals surface area (Å²) in [5.41, 5.74) is 1.29. The fourth-order valence-electron chi connectivity index (χ4n) is 0.902. The normalized spacial score (nSPS) is 11.9. The third-order valence-electron chi connectivity index (χ3n) is 1.65. The van der Waals surface area contributed by atoms with Crippen molar-refractivity contribution in [1.29, 1.82) is 0 Å². The van der Waals surface area contributed by atoms with Crippen LogP contribution in [0.25, 0.3) is 0 Å². The average molecular weight is 251 g/mol. The van der Waals surface area contributed by atoms with E-state index in [2.05, 4.69) is 35.0 Å². The Labute approximate surface area is 86.8 Å². The zero-order chi connectivity index (χ0) is 8.27. The van der Waals surface area contributed by atoms with E-state index in [1.54, 1.807) is 0 Å². The molecule has 0 aliphatic rings. The van der Waals surface area contributed by atoms with Gasteiger partial charge in [0.1, 0.15) is 0 Å². The van der Waals surface area contributed by atoms with E-state index in [0.717, 1.165) is 4.47 Å². The highest BCUT2D eigenvalue weighted by Gasteiger charge is 2.02. The quantitative estimate of drug-likeness (QED) is 0.793. The molecular formula is C9H13BrClN. The van der Waals surface area contributed by atoms with Gasteiger partial charge in [0.15, 0.2) is 0 Å². The highest BCUT2D eigenvalue weighted by Crippen LogP contribution is 2.20. The molecule has 0 amide bonds. The van der Waals surface area contributed by atoms with E-state index in [-0.39, 0.29) is 6.15 Å². The van der Waals surface area contributed by atoms with E-state index in [1.807, 2.05) is 12.1 Å². The van der Waals surface area contributed by atoms with Gasteiger partial charge in [-0.1, -0.05) is 35.0 Å². The maximum absolute atomic E-state index is 5.72. The van der Waals surface area contributed by atoms with Crippen LogP contribution in [0, 0.1) is 0 Å². The predicted molar refractivity (Wildman–Crippen MR) is 58.3 cm³/mol. The van der Waals surface area contributed by atoms with Crippen molar-refractivity contribution in [2.75, 3.05) is 5.88 Å². The van der Waals surface area contributed by atoms with Crippen LogP contribution in [0.1, 0.15) is 18.4 Å². The Kier molecular flexibility index (Phi) is 5.55. The summed E-state index contributed by atoms with van der Waals surface area (Å²) >= 11 is 9.14. The molecule has 0 radical (unpaired) electrons. The Hall–Kier alpha value is -0.0500. The Balaban J connectivity index is 0.00000121. The summed E-state index contributed by atoms with van der Waals surface area (Å²) < 4.78 is 1.12. The lowest BCUT2D eigenvalue weighted by Gasteiger charge is -2.06. The van der Waals surface area contributed by atoms with E-state index in [9.17, 15) is 0 Å². The summed E-state index contributed by atoms with van der Waals surface area (Å²) in [6.45, 7) is 2.12. The van der Waals surface area contributed by atoms with Crippen LogP contribution in [0.4, 0.5) is 0 Å². The Morgan fingerprint density at radius 1 is 1.50 bits per heavy atom. The van der Waals surface area contributed by atoms with Gasteiger partial charge < -0.3 is 6.15 Å². The highest BCUT2D eigenvalue weighted by molar-refractivity contribution is 9.10. The standard InChI is InChI=1S/C9H10BrCl.H3N/c1-7(6-11)8-3-2-4-9(10)5-8;/h2-5,7H,6H2,1H3;1H3. The van der Waals surface area contributed by atoms with Gasteiger partial charge in [-0.2, -0.15) is 0 Å². The topological polar surface area (TPSA) is 35.0 Å². The molecule has 0 aliphatic heterocycles. The zero-order valence-corrected chi connectivity index (χ0v) is 9.40. The van der Waals surface area contributed by atoms with Crippen LogP contribution in [0.3, 0.4) is 0 Å². The first-order valence-corrected chi connectivity index (χ1v) is 4.88. The van der Waals surface area contributed by atoms with Crippen LogP contribution in [-0.2, 0) is 0 Å².